The van der Waals surface area contributed by atoms with Crippen molar-refractivity contribution >= 4 is 5.91 Å². The van der Waals surface area contributed by atoms with Gasteiger partial charge in [-0.15, -0.1) is 0 Å². The van der Waals surface area contributed by atoms with Crippen LogP contribution in [0.25, 0.3) is 0 Å². The molecule has 6 heteroatoms. The number of fused-ring (bicyclic) bond motifs is 1. The number of amides is 1. The van der Waals surface area contributed by atoms with E-state index in [1.807, 2.05) is 11.0 Å². The third-order valence-electron chi connectivity index (χ3n) is 4.89. The second-order valence-electron chi connectivity index (χ2n) is 6.44. The second-order valence-corrected chi connectivity index (χ2v) is 6.44. The molecule has 1 aromatic rings. The van der Waals surface area contributed by atoms with Gasteiger partial charge >= 0.3 is 0 Å². The summed E-state index contributed by atoms with van der Waals surface area (Å²) < 4.78 is 10.8. The van der Waals surface area contributed by atoms with Crippen LogP contribution in [0.1, 0.15) is 18.4 Å². The molecule has 0 aliphatic carbocycles. The predicted molar refractivity (Wildman–Crippen MR) is 85.4 cm³/mol. The Balaban J connectivity index is 1.30. The van der Waals surface area contributed by atoms with E-state index < -0.39 is 0 Å². The first-order valence-corrected chi connectivity index (χ1v) is 8.43. The van der Waals surface area contributed by atoms with Gasteiger partial charge < -0.3 is 19.7 Å². The van der Waals surface area contributed by atoms with Gasteiger partial charge in [-0.2, -0.15) is 0 Å². The lowest BCUT2D eigenvalue weighted by atomic mass is 10.1. The van der Waals surface area contributed by atoms with Crippen molar-refractivity contribution in [2.45, 2.75) is 25.4 Å². The van der Waals surface area contributed by atoms with Crippen LogP contribution in [0, 0.1) is 0 Å². The molecule has 124 valence electrons. The summed E-state index contributed by atoms with van der Waals surface area (Å²) in [5.41, 5.74) is 1.23. The minimum Gasteiger partial charge on any atom is -0.454 e. The fourth-order valence-electron chi connectivity index (χ4n) is 3.54. The minimum absolute atomic E-state index is 0.0513. The lowest BCUT2D eigenvalue weighted by Gasteiger charge is -2.36. The average molecular weight is 317 g/mol. The minimum atomic E-state index is 0.0513. The molecule has 23 heavy (non-hydrogen) atoms. The molecule has 1 amide bonds. The first kappa shape index (κ1) is 14.8. The van der Waals surface area contributed by atoms with Crippen LogP contribution in [0.4, 0.5) is 0 Å². The second kappa shape index (κ2) is 6.37. The number of piperazine rings is 1. The number of hydrogen-bond donors (Lipinski definition) is 1. The summed E-state index contributed by atoms with van der Waals surface area (Å²) >= 11 is 0. The van der Waals surface area contributed by atoms with Crippen LogP contribution in [0.15, 0.2) is 18.2 Å². The van der Waals surface area contributed by atoms with Gasteiger partial charge in [0.05, 0.1) is 6.04 Å². The number of rotatable bonds is 3. The van der Waals surface area contributed by atoms with Gasteiger partial charge in [-0.05, 0) is 37.1 Å². The van der Waals surface area contributed by atoms with E-state index in [0.717, 1.165) is 63.6 Å². The van der Waals surface area contributed by atoms with Gasteiger partial charge in [-0.25, -0.2) is 0 Å². The van der Waals surface area contributed by atoms with E-state index in [2.05, 4.69) is 22.3 Å². The van der Waals surface area contributed by atoms with Gasteiger partial charge in [0.2, 0.25) is 12.7 Å². The molecule has 0 unspecified atom stereocenters. The van der Waals surface area contributed by atoms with Crippen molar-refractivity contribution in [1.29, 1.82) is 0 Å². The summed E-state index contributed by atoms with van der Waals surface area (Å²) in [5, 5.41) is 3.30. The molecule has 6 nitrogen and oxygen atoms in total. The number of hydrogen-bond acceptors (Lipinski definition) is 5. The highest BCUT2D eigenvalue weighted by Crippen LogP contribution is 2.32. The molecule has 0 bridgehead atoms. The molecular formula is C17H23N3O3. The van der Waals surface area contributed by atoms with Crippen LogP contribution in [-0.4, -0.2) is 61.3 Å². The molecule has 0 saturated carbocycles. The predicted octanol–water partition coefficient (Wildman–Crippen LogP) is 0.812. The molecule has 0 aromatic heterocycles. The van der Waals surface area contributed by atoms with E-state index in [9.17, 15) is 4.79 Å². The Hall–Kier alpha value is -1.79. The van der Waals surface area contributed by atoms with Crippen molar-refractivity contribution in [3.8, 4) is 11.5 Å². The Labute approximate surface area is 136 Å². The standard InChI is InChI=1S/C17H23N3O3/c21-17(14-2-1-5-18-14)20-8-6-19(7-9-20)11-13-3-4-15-16(10-13)23-12-22-15/h3-4,10,14,18H,1-2,5-9,11-12H2/t14-/m0/s1. The van der Waals surface area contributed by atoms with Crippen LogP contribution in [0.3, 0.4) is 0 Å². The van der Waals surface area contributed by atoms with Gasteiger partial charge in [0.1, 0.15) is 0 Å². The maximum absolute atomic E-state index is 12.4. The monoisotopic (exact) mass is 317 g/mol. The van der Waals surface area contributed by atoms with Crippen LogP contribution in [0.5, 0.6) is 11.5 Å². The van der Waals surface area contributed by atoms with Crippen molar-refractivity contribution in [3.63, 3.8) is 0 Å². The number of ether oxygens (including phenoxy) is 2. The summed E-state index contributed by atoms with van der Waals surface area (Å²) in [6.07, 6.45) is 2.09. The molecule has 2 saturated heterocycles. The molecule has 3 heterocycles. The quantitative estimate of drug-likeness (QED) is 0.894. The van der Waals surface area contributed by atoms with Crippen molar-refractivity contribution < 1.29 is 14.3 Å². The molecule has 0 spiro atoms. The Bertz CT molecular complexity index is 578. The van der Waals surface area contributed by atoms with Gasteiger partial charge in [0, 0.05) is 32.7 Å². The van der Waals surface area contributed by atoms with Crippen LogP contribution < -0.4 is 14.8 Å². The lowest BCUT2D eigenvalue weighted by Crippen LogP contribution is -2.52. The highest BCUT2D eigenvalue weighted by Gasteiger charge is 2.29. The third kappa shape index (κ3) is 3.14. The smallest absolute Gasteiger partial charge is 0.239 e. The molecule has 2 fully saturated rings. The molecule has 1 aromatic carbocycles. The zero-order chi connectivity index (χ0) is 15.6. The van der Waals surface area contributed by atoms with Crippen molar-refractivity contribution in [2.24, 2.45) is 0 Å². The number of carbonyl (C=O) groups is 1. The SMILES string of the molecule is O=C([C@@H]1CCCN1)N1CCN(Cc2ccc3c(c2)OCO3)CC1. The van der Waals surface area contributed by atoms with Crippen LogP contribution in [-0.2, 0) is 11.3 Å². The largest absolute Gasteiger partial charge is 0.454 e. The average Bonchev–Trinajstić information content (AvgIpc) is 3.26. The number of benzene rings is 1. The summed E-state index contributed by atoms with van der Waals surface area (Å²) in [5.74, 6) is 1.95. The third-order valence-corrected chi connectivity index (χ3v) is 4.89. The zero-order valence-corrected chi connectivity index (χ0v) is 13.3. The van der Waals surface area contributed by atoms with E-state index in [4.69, 9.17) is 9.47 Å². The topological polar surface area (TPSA) is 54.0 Å². The van der Waals surface area contributed by atoms with E-state index in [1.165, 1.54) is 5.56 Å². The lowest BCUT2D eigenvalue weighted by molar-refractivity contribution is -0.134. The van der Waals surface area contributed by atoms with E-state index in [1.54, 1.807) is 0 Å². The maximum Gasteiger partial charge on any atom is 0.239 e. The number of nitrogens with one attached hydrogen (secondary N) is 1. The highest BCUT2D eigenvalue weighted by molar-refractivity contribution is 5.82. The van der Waals surface area contributed by atoms with E-state index in [0.29, 0.717) is 6.79 Å². The molecule has 1 N–H and O–H groups in total. The highest BCUT2D eigenvalue weighted by atomic mass is 16.7. The van der Waals surface area contributed by atoms with E-state index >= 15 is 0 Å². The first-order chi connectivity index (χ1) is 11.3. The normalized spacial score (nSPS) is 24.2. The summed E-state index contributed by atoms with van der Waals surface area (Å²) in [6.45, 7) is 5.67. The number of nitrogens with zero attached hydrogens (tertiary/aromatic N) is 2. The van der Waals surface area contributed by atoms with Crippen molar-refractivity contribution in [3.05, 3.63) is 23.8 Å². The first-order valence-electron chi connectivity index (χ1n) is 8.43. The van der Waals surface area contributed by atoms with Crippen molar-refractivity contribution in [1.82, 2.24) is 15.1 Å². The Kier molecular flexibility index (Phi) is 4.10. The van der Waals surface area contributed by atoms with Gasteiger partial charge in [-0.3, -0.25) is 9.69 Å². The summed E-state index contributed by atoms with van der Waals surface area (Å²) in [4.78, 5) is 16.8. The summed E-state index contributed by atoms with van der Waals surface area (Å²) in [6, 6.07) is 6.18. The van der Waals surface area contributed by atoms with Gasteiger partial charge in [-0.1, -0.05) is 6.07 Å². The Morgan fingerprint density at radius 3 is 2.78 bits per heavy atom. The zero-order valence-electron chi connectivity index (χ0n) is 13.3. The molecule has 3 aliphatic rings. The maximum atomic E-state index is 12.4. The van der Waals surface area contributed by atoms with Gasteiger partial charge in [0.15, 0.2) is 11.5 Å². The molecular weight excluding hydrogens is 294 g/mol. The molecule has 1 atom stereocenters. The van der Waals surface area contributed by atoms with Gasteiger partial charge in [0.25, 0.3) is 0 Å². The number of carbonyl (C=O) groups excluding carboxylic acids is 1. The molecule has 4 rings (SSSR count). The van der Waals surface area contributed by atoms with E-state index in [-0.39, 0.29) is 11.9 Å². The molecule has 0 radical (unpaired) electrons. The Morgan fingerprint density at radius 1 is 1.17 bits per heavy atom. The molecule has 3 aliphatic heterocycles. The Morgan fingerprint density at radius 2 is 2.00 bits per heavy atom. The van der Waals surface area contributed by atoms with Crippen LogP contribution >= 0.6 is 0 Å². The summed E-state index contributed by atoms with van der Waals surface area (Å²) in [7, 11) is 0. The van der Waals surface area contributed by atoms with Crippen molar-refractivity contribution in [2.75, 3.05) is 39.5 Å². The van der Waals surface area contributed by atoms with Crippen LogP contribution in [0.2, 0.25) is 0 Å². The fraction of sp³-hybridized carbons (Fsp3) is 0.588. The fourth-order valence-corrected chi connectivity index (χ4v) is 3.54.